The summed E-state index contributed by atoms with van der Waals surface area (Å²) in [6, 6.07) is 12.3. The lowest BCUT2D eigenvalue weighted by atomic mass is 10.1. The van der Waals surface area contributed by atoms with Gasteiger partial charge in [-0.15, -0.1) is 11.3 Å². The number of hydrogen-bond acceptors (Lipinski definition) is 3. The lowest BCUT2D eigenvalue weighted by Crippen LogP contribution is -2.37. The molecule has 2 aromatic heterocycles. The zero-order valence-corrected chi connectivity index (χ0v) is 14.8. The van der Waals surface area contributed by atoms with Crippen LogP contribution in [-0.2, 0) is 6.42 Å². The van der Waals surface area contributed by atoms with Crippen molar-refractivity contribution in [2.24, 2.45) is 0 Å². The van der Waals surface area contributed by atoms with Crippen molar-refractivity contribution in [1.29, 1.82) is 0 Å². The minimum atomic E-state index is -0.0543. The van der Waals surface area contributed by atoms with E-state index in [1.807, 2.05) is 12.1 Å². The second-order valence-corrected chi connectivity index (χ2v) is 8.32. The number of thioether (sulfide) groups is 1. The van der Waals surface area contributed by atoms with Crippen LogP contribution >= 0.6 is 34.7 Å². The highest BCUT2D eigenvalue weighted by molar-refractivity contribution is 7.98. The van der Waals surface area contributed by atoms with Crippen LogP contribution in [0, 0.1) is 0 Å². The fourth-order valence-electron chi connectivity index (χ4n) is 3.24. The van der Waals surface area contributed by atoms with Gasteiger partial charge in [0.2, 0.25) is 0 Å². The van der Waals surface area contributed by atoms with Gasteiger partial charge in [0.05, 0.1) is 9.59 Å². The van der Waals surface area contributed by atoms with Crippen LogP contribution in [0.15, 0.2) is 36.4 Å². The number of carbonyl (C=O) groups is 1. The van der Waals surface area contributed by atoms with E-state index in [4.69, 9.17) is 11.6 Å². The van der Waals surface area contributed by atoms with Gasteiger partial charge in [0, 0.05) is 11.4 Å². The van der Waals surface area contributed by atoms with E-state index in [9.17, 15) is 4.79 Å². The molecule has 23 heavy (non-hydrogen) atoms. The zero-order valence-electron chi connectivity index (χ0n) is 12.4. The van der Waals surface area contributed by atoms with Gasteiger partial charge in [-0.1, -0.05) is 35.9 Å². The molecule has 0 aliphatic heterocycles. The first-order valence-electron chi connectivity index (χ1n) is 7.35. The first-order valence-corrected chi connectivity index (χ1v) is 9.83. The Morgan fingerprint density at radius 3 is 3.00 bits per heavy atom. The minimum absolute atomic E-state index is 0.0543. The molecule has 0 unspecified atom stereocenters. The summed E-state index contributed by atoms with van der Waals surface area (Å²) in [7, 11) is 0. The Kier molecular flexibility index (Phi) is 3.87. The number of nitrogens with one attached hydrogen (secondary N) is 2. The van der Waals surface area contributed by atoms with Crippen molar-refractivity contribution in [3.05, 3.63) is 57.6 Å². The van der Waals surface area contributed by atoms with Gasteiger partial charge in [-0.05, 0) is 35.9 Å². The molecule has 1 amide bonds. The van der Waals surface area contributed by atoms with Crippen molar-refractivity contribution in [2.75, 3.05) is 6.26 Å². The van der Waals surface area contributed by atoms with Crippen LogP contribution in [0.3, 0.4) is 0 Å². The third kappa shape index (κ3) is 2.67. The first-order chi connectivity index (χ1) is 11.2. The fourth-order valence-corrected chi connectivity index (χ4v) is 5.34. The third-order valence-corrected chi connectivity index (χ3v) is 6.55. The maximum Gasteiger partial charge on any atom is 0.268 e. The summed E-state index contributed by atoms with van der Waals surface area (Å²) in [5.41, 5.74) is 3.26. The monoisotopic (exact) mass is 362 g/mol. The summed E-state index contributed by atoms with van der Waals surface area (Å²) in [5.74, 6) is -0.0543. The highest BCUT2D eigenvalue weighted by atomic mass is 35.5. The Balaban J connectivity index is 1.55. The normalized spacial score (nSPS) is 19.9. The van der Waals surface area contributed by atoms with Gasteiger partial charge in [-0.25, -0.2) is 0 Å². The predicted molar refractivity (Wildman–Crippen MR) is 98.8 cm³/mol. The molecule has 0 saturated heterocycles. The minimum Gasteiger partial charge on any atom is -0.346 e. The molecule has 6 heteroatoms. The number of aromatic nitrogens is 1. The Hall–Kier alpha value is -1.43. The van der Waals surface area contributed by atoms with E-state index >= 15 is 0 Å². The van der Waals surface area contributed by atoms with Gasteiger partial charge in [-0.2, -0.15) is 11.8 Å². The Morgan fingerprint density at radius 1 is 1.39 bits per heavy atom. The highest BCUT2D eigenvalue weighted by Gasteiger charge is 2.33. The van der Waals surface area contributed by atoms with E-state index in [0.717, 1.165) is 21.0 Å². The van der Waals surface area contributed by atoms with Crippen molar-refractivity contribution < 1.29 is 4.79 Å². The van der Waals surface area contributed by atoms with Gasteiger partial charge in [0.25, 0.3) is 5.91 Å². The molecule has 3 nitrogen and oxygen atoms in total. The molecular weight excluding hydrogens is 348 g/mol. The number of aromatic amines is 1. The maximum atomic E-state index is 12.6. The summed E-state index contributed by atoms with van der Waals surface area (Å²) in [5, 5.41) is 4.48. The molecule has 0 spiro atoms. The predicted octanol–water partition coefficient (Wildman–Crippen LogP) is 4.64. The van der Waals surface area contributed by atoms with Gasteiger partial charge >= 0.3 is 0 Å². The topological polar surface area (TPSA) is 44.9 Å². The van der Waals surface area contributed by atoms with E-state index in [-0.39, 0.29) is 11.9 Å². The summed E-state index contributed by atoms with van der Waals surface area (Å²) < 4.78 is 0.729. The van der Waals surface area contributed by atoms with Crippen molar-refractivity contribution in [2.45, 2.75) is 17.7 Å². The van der Waals surface area contributed by atoms with E-state index < -0.39 is 0 Å². The number of carbonyl (C=O) groups excluding carboxylic acids is 1. The largest absolute Gasteiger partial charge is 0.346 e. The van der Waals surface area contributed by atoms with E-state index in [1.165, 1.54) is 22.5 Å². The van der Waals surface area contributed by atoms with Crippen molar-refractivity contribution >= 4 is 50.8 Å². The number of benzene rings is 1. The number of halogens is 1. The van der Waals surface area contributed by atoms with E-state index in [0.29, 0.717) is 10.9 Å². The summed E-state index contributed by atoms with van der Waals surface area (Å²) in [6.07, 6.45) is 2.98. The van der Waals surface area contributed by atoms with E-state index in [1.54, 1.807) is 11.8 Å². The van der Waals surface area contributed by atoms with Crippen LogP contribution in [0.1, 0.15) is 26.9 Å². The van der Waals surface area contributed by atoms with Gasteiger partial charge in [0.15, 0.2) is 0 Å². The van der Waals surface area contributed by atoms with Crippen LogP contribution in [0.2, 0.25) is 4.34 Å². The van der Waals surface area contributed by atoms with Crippen molar-refractivity contribution in [3.8, 4) is 0 Å². The number of hydrogen-bond donors (Lipinski definition) is 2. The smallest absolute Gasteiger partial charge is 0.268 e. The molecule has 1 aliphatic carbocycles. The lowest BCUT2D eigenvalue weighted by Gasteiger charge is -2.19. The Morgan fingerprint density at radius 2 is 2.22 bits per heavy atom. The molecule has 2 atom stereocenters. The van der Waals surface area contributed by atoms with Gasteiger partial charge in [-0.3, -0.25) is 4.79 Å². The highest BCUT2D eigenvalue weighted by Crippen LogP contribution is 2.40. The summed E-state index contributed by atoms with van der Waals surface area (Å²) >= 11 is 9.22. The first kappa shape index (κ1) is 15.1. The standard InChI is InChI=1S/C17H15ClN2OS2/c1-22-15-11-5-3-2-4-9(11)6-12(15)19-16(21)13-7-10-8-14(18)23-17(10)20-13/h2-5,7-8,12,15,20H,6H2,1H3,(H,19,21)/t12-,15-/m1/s1. The molecule has 3 aromatic rings. The average molecular weight is 363 g/mol. The Bertz CT molecular complexity index is 854. The molecule has 0 fully saturated rings. The number of fused-ring (bicyclic) bond motifs is 2. The number of amides is 1. The van der Waals surface area contributed by atoms with Crippen molar-refractivity contribution in [3.63, 3.8) is 0 Å². The molecule has 0 bridgehead atoms. The molecule has 0 radical (unpaired) electrons. The second kappa shape index (κ2) is 5.89. The number of thiophene rings is 1. The molecule has 4 rings (SSSR count). The zero-order chi connectivity index (χ0) is 16.0. The molecular formula is C17H15ClN2OS2. The van der Waals surface area contributed by atoms with Crippen molar-refractivity contribution in [1.82, 2.24) is 10.3 Å². The summed E-state index contributed by atoms with van der Waals surface area (Å²) in [6.45, 7) is 0. The van der Waals surface area contributed by atoms with Gasteiger partial charge < -0.3 is 10.3 Å². The fraction of sp³-hybridized carbons (Fsp3) is 0.235. The van der Waals surface area contributed by atoms with Crippen LogP contribution < -0.4 is 5.32 Å². The van der Waals surface area contributed by atoms with Gasteiger partial charge in [0.1, 0.15) is 10.5 Å². The molecule has 0 saturated carbocycles. The maximum absolute atomic E-state index is 12.6. The molecule has 2 heterocycles. The lowest BCUT2D eigenvalue weighted by molar-refractivity contribution is 0.0934. The van der Waals surface area contributed by atoms with Crippen LogP contribution in [-0.4, -0.2) is 23.2 Å². The second-order valence-electron chi connectivity index (χ2n) is 5.66. The van der Waals surface area contributed by atoms with Crippen LogP contribution in [0.5, 0.6) is 0 Å². The van der Waals surface area contributed by atoms with Crippen LogP contribution in [0.4, 0.5) is 0 Å². The average Bonchev–Trinajstić information content (AvgIpc) is 3.16. The third-order valence-electron chi connectivity index (χ3n) is 4.26. The molecule has 1 aromatic carbocycles. The van der Waals surface area contributed by atoms with Crippen LogP contribution in [0.25, 0.3) is 10.2 Å². The Labute approximate surface area is 147 Å². The molecule has 2 N–H and O–H groups in total. The van der Waals surface area contributed by atoms with E-state index in [2.05, 4.69) is 40.8 Å². The quantitative estimate of drug-likeness (QED) is 0.712. The number of H-pyrrole nitrogens is 1. The SMILES string of the molecule is CS[C@@H]1c2ccccc2C[C@H]1NC(=O)c1cc2cc(Cl)sc2[nH]1. The summed E-state index contributed by atoms with van der Waals surface area (Å²) in [4.78, 5) is 16.7. The number of rotatable bonds is 3. The molecule has 1 aliphatic rings. The molecule has 118 valence electrons.